The van der Waals surface area contributed by atoms with Gasteiger partial charge in [0.25, 0.3) is 0 Å². The van der Waals surface area contributed by atoms with E-state index in [0.29, 0.717) is 17.9 Å². The summed E-state index contributed by atoms with van der Waals surface area (Å²) in [6, 6.07) is 0.405. The molecule has 12 nitrogen and oxygen atoms in total. The smallest absolute Gasteiger partial charge is 0.239 e. The first-order chi connectivity index (χ1) is 18.5. The molecule has 0 aliphatic carbocycles. The van der Waals surface area contributed by atoms with Crippen LogP contribution in [0.1, 0.15) is 19.3 Å². The zero-order chi connectivity index (χ0) is 26.2. The molecular weight excluding hydrogens is 493 g/mol. The van der Waals surface area contributed by atoms with Crippen LogP contribution >= 0.6 is 0 Å². The number of hydrogen-bond donors (Lipinski definition) is 6. The summed E-state index contributed by atoms with van der Waals surface area (Å²) in [7, 11) is 0. The minimum absolute atomic E-state index is 0.00220. The van der Waals surface area contributed by atoms with Gasteiger partial charge in [0.1, 0.15) is 6.17 Å². The highest BCUT2D eigenvalue weighted by molar-refractivity contribution is 5.82. The van der Waals surface area contributed by atoms with Crippen molar-refractivity contribution >= 4 is 11.8 Å². The molecule has 8 unspecified atom stereocenters. The SMILES string of the molecule is NC1NN2CC(F)CNC2C1C(=O)NC1CNCCC1C1CCC(C(=O)N2CCN(C3COC3)CC2)NC1. The van der Waals surface area contributed by atoms with Gasteiger partial charge in [-0.1, -0.05) is 0 Å². The molecule has 2 amide bonds. The van der Waals surface area contributed by atoms with Crippen LogP contribution in [0.15, 0.2) is 0 Å². The number of rotatable bonds is 5. The maximum absolute atomic E-state index is 13.8. The summed E-state index contributed by atoms with van der Waals surface area (Å²) in [5, 5.41) is 15.1. The molecular formula is C25H44FN9O3. The number of nitrogens with one attached hydrogen (secondary N) is 5. The molecule has 6 rings (SSSR count). The van der Waals surface area contributed by atoms with Gasteiger partial charge in [0.2, 0.25) is 11.8 Å². The van der Waals surface area contributed by atoms with Crippen LogP contribution < -0.4 is 32.4 Å². The molecule has 0 spiro atoms. The average molecular weight is 538 g/mol. The number of carbonyl (C=O) groups excluding carboxylic acids is 2. The summed E-state index contributed by atoms with van der Waals surface area (Å²) < 4.78 is 19.1. The summed E-state index contributed by atoms with van der Waals surface area (Å²) in [4.78, 5) is 31.1. The topological polar surface area (TPSA) is 139 Å². The Hall–Kier alpha value is -1.45. The monoisotopic (exact) mass is 537 g/mol. The minimum Gasteiger partial charge on any atom is -0.378 e. The van der Waals surface area contributed by atoms with Crippen molar-refractivity contribution in [3.8, 4) is 0 Å². The first-order valence-electron chi connectivity index (χ1n) is 14.5. The van der Waals surface area contributed by atoms with Gasteiger partial charge in [-0.2, -0.15) is 0 Å². The second kappa shape index (κ2) is 11.6. The van der Waals surface area contributed by atoms with Gasteiger partial charge >= 0.3 is 0 Å². The molecule has 0 bridgehead atoms. The number of ether oxygens (including phenoxy) is 1. The molecule has 8 atom stereocenters. The van der Waals surface area contributed by atoms with Gasteiger partial charge in [0, 0.05) is 51.9 Å². The summed E-state index contributed by atoms with van der Waals surface area (Å²) in [5.74, 6) is 0.368. The van der Waals surface area contributed by atoms with Crippen molar-refractivity contribution in [1.29, 1.82) is 0 Å². The van der Waals surface area contributed by atoms with Gasteiger partial charge in [0.05, 0.1) is 43.5 Å². The molecule has 0 radical (unpaired) electrons. The van der Waals surface area contributed by atoms with Gasteiger partial charge < -0.3 is 31.3 Å². The van der Waals surface area contributed by atoms with Gasteiger partial charge in [-0.15, -0.1) is 0 Å². The third-order valence-electron chi connectivity index (χ3n) is 9.61. The van der Waals surface area contributed by atoms with E-state index in [4.69, 9.17) is 10.5 Å². The number of carbonyl (C=O) groups is 2. The lowest BCUT2D eigenvalue weighted by Gasteiger charge is -2.44. The van der Waals surface area contributed by atoms with E-state index >= 15 is 0 Å². The Morgan fingerprint density at radius 1 is 1.00 bits per heavy atom. The molecule has 214 valence electrons. The molecule has 7 N–H and O–H groups in total. The van der Waals surface area contributed by atoms with E-state index in [9.17, 15) is 14.0 Å². The Balaban J connectivity index is 1.000. The molecule has 0 aromatic heterocycles. The Kier molecular flexibility index (Phi) is 8.15. The predicted molar refractivity (Wildman–Crippen MR) is 138 cm³/mol. The highest BCUT2D eigenvalue weighted by Crippen LogP contribution is 2.30. The number of halogens is 1. The first kappa shape index (κ1) is 26.8. The molecule has 6 aliphatic heterocycles. The maximum atomic E-state index is 13.8. The normalized spacial score (nSPS) is 41.4. The lowest BCUT2D eigenvalue weighted by molar-refractivity contribution is -0.138. The Bertz CT molecular complexity index is 850. The van der Waals surface area contributed by atoms with Crippen LogP contribution in [0.25, 0.3) is 0 Å². The zero-order valence-electron chi connectivity index (χ0n) is 22.1. The van der Waals surface area contributed by atoms with E-state index < -0.39 is 18.3 Å². The number of piperidine rings is 2. The van der Waals surface area contributed by atoms with Crippen molar-refractivity contribution in [1.82, 2.24) is 41.5 Å². The number of fused-ring (bicyclic) bond motifs is 1. The van der Waals surface area contributed by atoms with Gasteiger partial charge in [-0.3, -0.25) is 19.8 Å². The molecule has 13 heteroatoms. The standard InChI is InChI=1S/C25H44FN9O3/c26-16-10-30-23-21(22(27)32-35(23)12-16)24(36)31-20-11-28-4-3-18(20)15-1-2-19(29-9-15)25(37)34-7-5-33(6-8-34)17-13-38-14-17/h15-23,28-30,32H,1-14,27H2,(H,31,36). The Labute approximate surface area is 223 Å². The third-order valence-corrected chi connectivity index (χ3v) is 9.61. The van der Waals surface area contributed by atoms with E-state index in [-0.39, 0.29) is 43.2 Å². The summed E-state index contributed by atoms with van der Waals surface area (Å²) in [6.45, 7) is 7.94. The largest absolute Gasteiger partial charge is 0.378 e. The van der Waals surface area contributed by atoms with Gasteiger partial charge in [-0.25, -0.2) is 14.8 Å². The first-order valence-corrected chi connectivity index (χ1v) is 14.5. The van der Waals surface area contributed by atoms with Gasteiger partial charge in [0.15, 0.2) is 0 Å². The van der Waals surface area contributed by atoms with E-state index in [2.05, 4.69) is 31.6 Å². The van der Waals surface area contributed by atoms with E-state index in [1.807, 2.05) is 4.90 Å². The van der Waals surface area contributed by atoms with E-state index in [1.165, 1.54) is 0 Å². The fourth-order valence-corrected chi connectivity index (χ4v) is 7.28. The van der Waals surface area contributed by atoms with Gasteiger partial charge in [-0.05, 0) is 44.2 Å². The number of nitrogens with zero attached hydrogens (tertiary/aromatic N) is 3. The molecule has 0 aromatic rings. The Morgan fingerprint density at radius 2 is 1.82 bits per heavy atom. The van der Waals surface area contributed by atoms with E-state index in [0.717, 1.165) is 78.3 Å². The van der Waals surface area contributed by atoms with Crippen LogP contribution in [0, 0.1) is 17.8 Å². The number of alkyl halides is 1. The van der Waals surface area contributed by atoms with Crippen LogP contribution in [0.4, 0.5) is 4.39 Å². The second-order valence-corrected chi connectivity index (χ2v) is 11.9. The second-order valence-electron chi connectivity index (χ2n) is 11.9. The molecule has 38 heavy (non-hydrogen) atoms. The van der Waals surface area contributed by atoms with Crippen molar-refractivity contribution in [2.75, 3.05) is 72.1 Å². The molecule has 6 heterocycles. The van der Waals surface area contributed by atoms with Crippen molar-refractivity contribution in [2.45, 2.75) is 55.9 Å². The quantitative estimate of drug-likeness (QED) is 0.215. The summed E-state index contributed by atoms with van der Waals surface area (Å²) in [5.41, 5.74) is 9.32. The average Bonchev–Trinajstić information content (AvgIpc) is 3.23. The summed E-state index contributed by atoms with van der Waals surface area (Å²) >= 11 is 0. The van der Waals surface area contributed by atoms with Crippen LogP contribution in [0.3, 0.4) is 0 Å². The zero-order valence-corrected chi connectivity index (χ0v) is 22.1. The highest BCUT2D eigenvalue weighted by atomic mass is 19.1. The van der Waals surface area contributed by atoms with Crippen LogP contribution in [0.2, 0.25) is 0 Å². The number of nitrogens with two attached hydrogens (primary N) is 1. The lowest BCUT2D eigenvalue weighted by atomic mass is 9.76. The minimum atomic E-state index is -0.985. The molecule has 6 saturated heterocycles. The predicted octanol–water partition coefficient (Wildman–Crippen LogP) is -3.02. The highest BCUT2D eigenvalue weighted by Gasteiger charge is 2.48. The van der Waals surface area contributed by atoms with Crippen LogP contribution in [-0.4, -0.2) is 135 Å². The number of hydrazine groups is 1. The fourth-order valence-electron chi connectivity index (χ4n) is 7.28. The number of amides is 2. The van der Waals surface area contributed by atoms with Crippen molar-refractivity contribution in [3.05, 3.63) is 0 Å². The van der Waals surface area contributed by atoms with Crippen LogP contribution in [0.5, 0.6) is 0 Å². The van der Waals surface area contributed by atoms with Crippen molar-refractivity contribution in [2.24, 2.45) is 23.5 Å². The molecule has 6 aliphatic rings. The lowest BCUT2D eigenvalue weighted by Crippen LogP contribution is -2.62. The maximum Gasteiger partial charge on any atom is 0.239 e. The van der Waals surface area contributed by atoms with E-state index in [1.54, 1.807) is 5.01 Å². The number of hydrogen-bond acceptors (Lipinski definition) is 10. The molecule has 0 aromatic carbocycles. The fraction of sp³-hybridized carbons (Fsp3) is 0.920. The molecule has 6 fully saturated rings. The van der Waals surface area contributed by atoms with Crippen molar-refractivity contribution in [3.63, 3.8) is 0 Å². The summed E-state index contributed by atoms with van der Waals surface area (Å²) in [6.07, 6.45) is 0.933. The van der Waals surface area contributed by atoms with Crippen molar-refractivity contribution < 1.29 is 18.7 Å². The molecule has 0 saturated carbocycles. The third kappa shape index (κ3) is 5.44. The number of piperazine rings is 1. The Morgan fingerprint density at radius 3 is 2.53 bits per heavy atom. The van der Waals surface area contributed by atoms with Crippen LogP contribution in [-0.2, 0) is 14.3 Å².